The van der Waals surface area contributed by atoms with E-state index in [0.29, 0.717) is 25.4 Å². The first-order chi connectivity index (χ1) is 9.74. The molecule has 1 aromatic carbocycles. The van der Waals surface area contributed by atoms with Crippen LogP contribution in [0.4, 0.5) is 0 Å². The van der Waals surface area contributed by atoms with Crippen molar-refractivity contribution < 1.29 is 4.79 Å². The highest BCUT2D eigenvalue weighted by atomic mass is 16.2. The Morgan fingerprint density at radius 1 is 1.24 bits per heavy atom. The van der Waals surface area contributed by atoms with Crippen LogP contribution in [-0.2, 0) is 16.8 Å². The molecule has 21 heavy (non-hydrogen) atoms. The molecule has 0 heterocycles. The number of nitrogens with zero attached hydrogens (tertiary/aromatic N) is 1. The van der Waals surface area contributed by atoms with Crippen molar-refractivity contribution in [2.24, 2.45) is 11.7 Å². The van der Waals surface area contributed by atoms with E-state index >= 15 is 0 Å². The zero-order valence-corrected chi connectivity index (χ0v) is 14.1. The molecule has 0 spiro atoms. The fourth-order valence-corrected chi connectivity index (χ4v) is 2.15. The minimum Gasteiger partial charge on any atom is -0.341 e. The average molecular weight is 290 g/mol. The molecule has 0 radical (unpaired) electrons. The van der Waals surface area contributed by atoms with Crippen LogP contribution < -0.4 is 5.73 Å². The second-order valence-corrected chi connectivity index (χ2v) is 7.08. The van der Waals surface area contributed by atoms with Crippen molar-refractivity contribution in [1.82, 2.24) is 4.90 Å². The second kappa shape index (κ2) is 7.60. The number of carbonyl (C=O) groups excluding carboxylic acids is 1. The maximum Gasteiger partial charge on any atom is 0.222 e. The van der Waals surface area contributed by atoms with Gasteiger partial charge in [-0.05, 0) is 35.4 Å². The highest BCUT2D eigenvalue weighted by Gasteiger charge is 2.14. The van der Waals surface area contributed by atoms with Crippen LogP contribution in [0.5, 0.6) is 0 Å². The van der Waals surface area contributed by atoms with E-state index in [1.54, 1.807) is 4.90 Å². The third-order valence-electron chi connectivity index (χ3n) is 3.92. The monoisotopic (exact) mass is 290 g/mol. The molecule has 0 saturated heterocycles. The minimum absolute atomic E-state index is 0.165. The van der Waals surface area contributed by atoms with Crippen molar-refractivity contribution in [2.45, 2.75) is 52.5 Å². The Morgan fingerprint density at radius 2 is 1.81 bits per heavy atom. The van der Waals surface area contributed by atoms with Crippen LogP contribution in [-0.4, -0.2) is 24.4 Å². The summed E-state index contributed by atoms with van der Waals surface area (Å²) in [6, 6.07) is 8.55. The molecule has 0 aliphatic carbocycles. The molecule has 1 amide bonds. The Kier molecular flexibility index (Phi) is 6.41. The Balaban J connectivity index is 2.54. The molecule has 118 valence electrons. The summed E-state index contributed by atoms with van der Waals surface area (Å²) in [5.74, 6) is 0.601. The van der Waals surface area contributed by atoms with Crippen LogP contribution in [0.3, 0.4) is 0 Å². The summed E-state index contributed by atoms with van der Waals surface area (Å²) in [6.45, 7) is 10.0. The number of hydrogen-bond acceptors (Lipinski definition) is 2. The smallest absolute Gasteiger partial charge is 0.222 e. The molecular formula is C18H30N2O. The molecule has 2 N–H and O–H groups in total. The van der Waals surface area contributed by atoms with Crippen molar-refractivity contribution in [1.29, 1.82) is 0 Å². The minimum atomic E-state index is 0.165. The van der Waals surface area contributed by atoms with Gasteiger partial charge in [0.05, 0.1) is 0 Å². The topological polar surface area (TPSA) is 46.3 Å². The highest BCUT2D eigenvalue weighted by molar-refractivity contribution is 5.75. The maximum absolute atomic E-state index is 12.1. The standard InChI is InChI=1S/C18H30N2O/c1-14(12-19)6-11-17(21)20(5)13-15-7-9-16(10-8-15)18(2,3)4/h7-10,14H,6,11-13,19H2,1-5H3. The Hall–Kier alpha value is -1.35. The van der Waals surface area contributed by atoms with Gasteiger partial charge >= 0.3 is 0 Å². The Labute approximate surface area is 129 Å². The number of benzene rings is 1. The van der Waals surface area contributed by atoms with Crippen molar-refractivity contribution in [2.75, 3.05) is 13.6 Å². The maximum atomic E-state index is 12.1. The number of carbonyl (C=O) groups is 1. The summed E-state index contributed by atoms with van der Waals surface area (Å²) >= 11 is 0. The third kappa shape index (κ3) is 5.88. The molecule has 0 aliphatic rings. The van der Waals surface area contributed by atoms with Crippen molar-refractivity contribution in [3.8, 4) is 0 Å². The molecule has 0 saturated carbocycles. The molecule has 0 aliphatic heterocycles. The molecule has 3 heteroatoms. The summed E-state index contributed by atoms with van der Waals surface area (Å²) in [7, 11) is 1.87. The van der Waals surface area contributed by atoms with E-state index in [0.717, 1.165) is 6.42 Å². The van der Waals surface area contributed by atoms with Gasteiger partial charge in [0.2, 0.25) is 5.91 Å². The van der Waals surface area contributed by atoms with Crippen LogP contribution in [0.15, 0.2) is 24.3 Å². The quantitative estimate of drug-likeness (QED) is 0.873. The predicted octanol–water partition coefficient (Wildman–Crippen LogP) is 3.32. The van der Waals surface area contributed by atoms with Crippen LogP contribution in [0.2, 0.25) is 0 Å². The van der Waals surface area contributed by atoms with Crippen LogP contribution in [0, 0.1) is 5.92 Å². The van der Waals surface area contributed by atoms with Crippen molar-refractivity contribution in [3.05, 3.63) is 35.4 Å². The van der Waals surface area contributed by atoms with E-state index in [-0.39, 0.29) is 11.3 Å². The van der Waals surface area contributed by atoms with Gasteiger partial charge in [-0.3, -0.25) is 4.79 Å². The van der Waals surface area contributed by atoms with Gasteiger partial charge in [0.15, 0.2) is 0 Å². The zero-order valence-electron chi connectivity index (χ0n) is 14.1. The van der Waals surface area contributed by atoms with E-state index in [2.05, 4.69) is 52.0 Å². The molecule has 1 aromatic rings. The van der Waals surface area contributed by atoms with Crippen LogP contribution in [0.1, 0.15) is 51.7 Å². The fraction of sp³-hybridized carbons (Fsp3) is 0.611. The lowest BCUT2D eigenvalue weighted by Gasteiger charge is -2.21. The summed E-state index contributed by atoms with van der Waals surface area (Å²) in [6.07, 6.45) is 1.44. The van der Waals surface area contributed by atoms with Crippen molar-refractivity contribution >= 4 is 5.91 Å². The van der Waals surface area contributed by atoms with Crippen molar-refractivity contribution in [3.63, 3.8) is 0 Å². The molecule has 1 unspecified atom stereocenters. The lowest BCUT2D eigenvalue weighted by Crippen LogP contribution is -2.27. The van der Waals surface area contributed by atoms with Gasteiger partial charge in [-0.15, -0.1) is 0 Å². The summed E-state index contributed by atoms with van der Waals surface area (Å²) in [5, 5.41) is 0. The van der Waals surface area contributed by atoms with Gasteiger partial charge in [0.25, 0.3) is 0 Å². The fourth-order valence-electron chi connectivity index (χ4n) is 2.15. The first-order valence-electron chi connectivity index (χ1n) is 7.77. The summed E-state index contributed by atoms with van der Waals surface area (Å²) in [5.41, 5.74) is 8.24. The molecular weight excluding hydrogens is 260 g/mol. The normalized spacial score (nSPS) is 13.0. The SMILES string of the molecule is CC(CN)CCC(=O)N(C)Cc1ccc(C(C)(C)C)cc1. The largest absolute Gasteiger partial charge is 0.341 e. The third-order valence-corrected chi connectivity index (χ3v) is 3.92. The summed E-state index contributed by atoms with van der Waals surface area (Å²) in [4.78, 5) is 13.9. The van der Waals surface area contributed by atoms with Gasteiger partial charge in [-0.25, -0.2) is 0 Å². The molecule has 1 rings (SSSR count). The number of amides is 1. The number of rotatable bonds is 6. The van der Waals surface area contributed by atoms with Crippen LogP contribution in [0.25, 0.3) is 0 Å². The van der Waals surface area contributed by atoms with E-state index in [1.165, 1.54) is 11.1 Å². The first-order valence-corrected chi connectivity index (χ1v) is 7.77. The lowest BCUT2D eigenvalue weighted by atomic mass is 9.87. The van der Waals surface area contributed by atoms with E-state index in [1.807, 2.05) is 7.05 Å². The van der Waals surface area contributed by atoms with E-state index in [9.17, 15) is 4.79 Å². The molecule has 3 nitrogen and oxygen atoms in total. The predicted molar refractivity (Wildman–Crippen MR) is 89.1 cm³/mol. The summed E-state index contributed by atoms with van der Waals surface area (Å²) < 4.78 is 0. The van der Waals surface area contributed by atoms with Gasteiger partial charge in [0.1, 0.15) is 0 Å². The lowest BCUT2D eigenvalue weighted by molar-refractivity contribution is -0.130. The van der Waals surface area contributed by atoms with Gasteiger partial charge < -0.3 is 10.6 Å². The number of hydrogen-bond donors (Lipinski definition) is 1. The number of nitrogens with two attached hydrogens (primary N) is 1. The van der Waals surface area contributed by atoms with E-state index < -0.39 is 0 Å². The second-order valence-electron chi connectivity index (χ2n) is 7.08. The highest BCUT2D eigenvalue weighted by Crippen LogP contribution is 2.22. The molecule has 1 atom stereocenters. The Bertz CT molecular complexity index is 445. The Morgan fingerprint density at radius 3 is 2.29 bits per heavy atom. The van der Waals surface area contributed by atoms with E-state index in [4.69, 9.17) is 5.73 Å². The van der Waals surface area contributed by atoms with Gasteiger partial charge in [-0.1, -0.05) is 52.0 Å². The average Bonchev–Trinajstić information content (AvgIpc) is 2.43. The van der Waals surface area contributed by atoms with Gasteiger partial charge in [-0.2, -0.15) is 0 Å². The van der Waals surface area contributed by atoms with Crippen LogP contribution >= 0.6 is 0 Å². The zero-order chi connectivity index (χ0) is 16.0. The molecule has 0 fully saturated rings. The molecule has 0 bridgehead atoms. The first kappa shape index (κ1) is 17.7. The van der Waals surface area contributed by atoms with Gasteiger partial charge in [0, 0.05) is 20.0 Å². The molecule has 0 aromatic heterocycles.